The van der Waals surface area contributed by atoms with Crippen LogP contribution in [0.4, 0.5) is 0 Å². The topological polar surface area (TPSA) is 85.7 Å². The van der Waals surface area contributed by atoms with E-state index in [4.69, 9.17) is 33.7 Å². The highest BCUT2D eigenvalue weighted by molar-refractivity contribution is 6.42. The summed E-state index contributed by atoms with van der Waals surface area (Å²) in [5, 5.41) is 23.0. The average molecular weight is 404 g/mol. The fourth-order valence-electron chi connectivity index (χ4n) is 2.79. The van der Waals surface area contributed by atoms with Crippen molar-refractivity contribution in [1.29, 1.82) is 10.5 Å². The Morgan fingerprint density at radius 1 is 1.15 bits per heavy atom. The van der Waals surface area contributed by atoms with Gasteiger partial charge in [0.2, 0.25) is 5.91 Å². The van der Waals surface area contributed by atoms with Crippen LogP contribution in [0, 0.1) is 36.5 Å². The Morgan fingerprint density at radius 3 is 2.33 bits per heavy atom. The Kier molecular flexibility index (Phi) is 7.24. The Bertz CT molecular complexity index is 905. The predicted molar refractivity (Wildman–Crippen MR) is 104 cm³/mol. The van der Waals surface area contributed by atoms with E-state index >= 15 is 0 Å². The smallest absolute Gasteiger partial charge is 0.227 e. The van der Waals surface area contributed by atoms with Gasteiger partial charge in [0.15, 0.2) is 0 Å². The first-order valence-electron chi connectivity index (χ1n) is 8.41. The summed E-state index contributed by atoms with van der Waals surface area (Å²) in [5.74, 6) is -0.125. The Hall–Kier alpha value is -2.54. The predicted octanol–water partition coefficient (Wildman–Crippen LogP) is 3.99. The normalized spacial score (nSPS) is 10.3. The van der Waals surface area contributed by atoms with Crippen molar-refractivity contribution in [1.82, 2.24) is 14.7 Å². The van der Waals surface area contributed by atoms with Gasteiger partial charge in [-0.2, -0.15) is 15.6 Å². The number of aryl methyl sites for hydroxylation is 1. The number of rotatable bonds is 7. The molecular formula is C19H19Cl2N5O. The molecule has 6 nitrogen and oxygen atoms in total. The highest BCUT2D eigenvalue weighted by atomic mass is 35.5. The van der Waals surface area contributed by atoms with E-state index in [1.165, 1.54) is 0 Å². The SMILES string of the molecule is Cc1nn(-c2ccc(Cl)c(Cl)c2)c(C)c1CC(=O)N(CCC#N)CCC#N. The molecule has 0 aliphatic heterocycles. The number of benzene rings is 1. The van der Waals surface area contributed by atoms with E-state index in [2.05, 4.69) is 5.10 Å². The largest absolute Gasteiger partial charge is 0.340 e. The van der Waals surface area contributed by atoms with Gasteiger partial charge in [0.1, 0.15) is 0 Å². The third-order valence-corrected chi connectivity index (χ3v) is 5.00. The van der Waals surface area contributed by atoms with Crippen molar-refractivity contribution in [3.8, 4) is 17.8 Å². The van der Waals surface area contributed by atoms with Crippen molar-refractivity contribution in [2.75, 3.05) is 13.1 Å². The van der Waals surface area contributed by atoms with Gasteiger partial charge in [-0.15, -0.1) is 0 Å². The van der Waals surface area contributed by atoms with Crippen molar-refractivity contribution < 1.29 is 4.79 Å². The second kappa shape index (κ2) is 9.41. The average Bonchev–Trinajstić information content (AvgIpc) is 2.92. The molecule has 1 amide bonds. The van der Waals surface area contributed by atoms with E-state index < -0.39 is 0 Å². The summed E-state index contributed by atoms with van der Waals surface area (Å²) in [4.78, 5) is 14.3. The van der Waals surface area contributed by atoms with Gasteiger partial charge in [0.25, 0.3) is 0 Å². The lowest BCUT2D eigenvalue weighted by molar-refractivity contribution is -0.130. The zero-order valence-corrected chi connectivity index (χ0v) is 16.7. The molecule has 0 atom stereocenters. The number of carbonyl (C=O) groups is 1. The van der Waals surface area contributed by atoms with Crippen LogP contribution in [0.3, 0.4) is 0 Å². The molecule has 1 heterocycles. The van der Waals surface area contributed by atoms with Crippen molar-refractivity contribution >= 4 is 29.1 Å². The maximum absolute atomic E-state index is 12.7. The maximum Gasteiger partial charge on any atom is 0.227 e. The van der Waals surface area contributed by atoms with Gasteiger partial charge in [-0.3, -0.25) is 4.79 Å². The number of nitriles is 2. The fraction of sp³-hybridized carbons (Fsp3) is 0.368. The number of amides is 1. The molecule has 2 aromatic rings. The van der Waals surface area contributed by atoms with E-state index in [0.29, 0.717) is 23.1 Å². The van der Waals surface area contributed by atoms with Gasteiger partial charge >= 0.3 is 0 Å². The number of nitrogens with zero attached hydrogens (tertiary/aromatic N) is 5. The Balaban J connectivity index is 2.27. The van der Waals surface area contributed by atoms with Crippen LogP contribution in [0.2, 0.25) is 10.0 Å². The summed E-state index contributed by atoms with van der Waals surface area (Å²) in [7, 11) is 0. The van der Waals surface area contributed by atoms with E-state index in [1.807, 2.05) is 32.1 Å². The molecule has 0 unspecified atom stereocenters. The van der Waals surface area contributed by atoms with Gasteiger partial charge in [0, 0.05) is 24.3 Å². The molecule has 0 fully saturated rings. The molecule has 8 heteroatoms. The van der Waals surface area contributed by atoms with E-state index in [1.54, 1.807) is 21.7 Å². The lowest BCUT2D eigenvalue weighted by Crippen LogP contribution is -2.34. The Morgan fingerprint density at radius 2 is 1.78 bits per heavy atom. The molecule has 1 aromatic heterocycles. The van der Waals surface area contributed by atoms with Gasteiger partial charge in [-0.1, -0.05) is 23.2 Å². The standard InChI is InChI=1S/C19H19Cl2N5O/c1-13-16(12-19(27)25(9-3-7-22)10-4-8-23)14(2)26(24-13)15-5-6-17(20)18(21)11-15/h5-6,11H,3-4,9-10,12H2,1-2H3. The molecule has 0 N–H and O–H groups in total. The minimum Gasteiger partial charge on any atom is -0.340 e. The monoisotopic (exact) mass is 403 g/mol. The maximum atomic E-state index is 12.7. The van der Waals surface area contributed by atoms with E-state index in [9.17, 15) is 4.79 Å². The first-order chi connectivity index (χ1) is 12.9. The second-order valence-electron chi connectivity index (χ2n) is 6.03. The zero-order valence-electron chi connectivity index (χ0n) is 15.2. The molecule has 0 aliphatic carbocycles. The third kappa shape index (κ3) is 5.01. The molecule has 0 saturated heterocycles. The lowest BCUT2D eigenvalue weighted by Gasteiger charge is -2.20. The summed E-state index contributed by atoms with van der Waals surface area (Å²) in [6.45, 7) is 4.37. The van der Waals surface area contributed by atoms with Crippen LogP contribution < -0.4 is 0 Å². The molecule has 27 heavy (non-hydrogen) atoms. The molecule has 0 radical (unpaired) electrons. The first-order valence-corrected chi connectivity index (χ1v) is 9.16. The van der Waals surface area contributed by atoms with Crippen LogP contribution in [0.25, 0.3) is 5.69 Å². The summed E-state index contributed by atoms with van der Waals surface area (Å²) < 4.78 is 1.73. The van der Waals surface area contributed by atoms with Crippen molar-refractivity contribution in [3.05, 3.63) is 45.2 Å². The summed E-state index contributed by atoms with van der Waals surface area (Å²) in [6.07, 6.45) is 0.630. The van der Waals surface area contributed by atoms with Gasteiger partial charge in [-0.05, 0) is 32.0 Å². The van der Waals surface area contributed by atoms with E-state index in [-0.39, 0.29) is 25.2 Å². The fourth-order valence-corrected chi connectivity index (χ4v) is 3.09. The number of aromatic nitrogens is 2. The molecular weight excluding hydrogens is 385 g/mol. The quantitative estimate of drug-likeness (QED) is 0.698. The van der Waals surface area contributed by atoms with Gasteiger partial charge in [0.05, 0.1) is 52.8 Å². The highest BCUT2D eigenvalue weighted by Crippen LogP contribution is 2.26. The van der Waals surface area contributed by atoms with Crippen molar-refractivity contribution in [3.63, 3.8) is 0 Å². The number of hydrogen-bond acceptors (Lipinski definition) is 4. The minimum atomic E-state index is -0.125. The molecule has 0 bridgehead atoms. The summed E-state index contributed by atoms with van der Waals surface area (Å²) >= 11 is 12.1. The number of carbonyl (C=O) groups excluding carboxylic acids is 1. The van der Waals surface area contributed by atoms with Crippen LogP contribution in [0.15, 0.2) is 18.2 Å². The number of hydrogen-bond donors (Lipinski definition) is 0. The highest BCUT2D eigenvalue weighted by Gasteiger charge is 2.20. The number of halogens is 2. The zero-order chi connectivity index (χ0) is 20.0. The molecule has 0 saturated carbocycles. The summed E-state index contributed by atoms with van der Waals surface area (Å²) in [5.41, 5.74) is 3.16. The molecule has 1 aromatic carbocycles. The van der Waals surface area contributed by atoms with Gasteiger partial charge < -0.3 is 4.90 Å². The van der Waals surface area contributed by atoms with Crippen LogP contribution in [-0.4, -0.2) is 33.7 Å². The van der Waals surface area contributed by atoms with Crippen LogP contribution in [-0.2, 0) is 11.2 Å². The molecule has 140 valence electrons. The van der Waals surface area contributed by atoms with Crippen LogP contribution in [0.1, 0.15) is 29.8 Å². The van der Waals surface area contributed by atoms with Crippen molar-refractivity contribution in [2.45, 2.75) is 33.1 Å². The lowest BCUT2D eigenvalue weighted by atomic mass is 10.1. The second-order valence-corrected chi connectivity index (χ2v) is 6.85. The molecule has 0 aliphatic rings. The Labute approximate surface area is 168 Å². The third-order valence-electron chi connectivity index (χ3n) is 4.26. The van der Waals surface area contributed by atoms with Crippen LogP contribution in [0.5, 0.6) is 0 Å². The molecule has 2 rings (SSSR count). The van der Waals surface area contributed by atoms with E-state index in [0.717, 1.165) is 22.6 Å². The first kappa shape index (κ1) is 20.8. The minimum absolute atomic E-state index is 0.125. The molecule has 0 spiro atoms. The summed E-state index contributed by atoms with van der Waals surface area (Å²) in [6, 6.07) is 9.30. The van der Waals surface area contributed by atoms with Crippen molar-refractivity contribution in [2.24, 2.45) is 0 Å². The van der Waals surface area contributed by atoms with Gasteiger partial charge in [-0.25, -0.2) is 4.68 Å². The van der Waals surface area contributed by atoms with Crippen LogP contribution >= 0.6 is 23.2 Å².